The molecule has 4 bridgehead atoms. The van der Waals surface area contributed by atoms with Gasteiger partial charge in [0.2, 0.25) is 10.2 Å². The lowest BCUT2D eigenvalue weighted by Crippen LogP contribution is -2.59. The SMILES string of the molecule is N=S(=O)(NC12CC3CC(CC(C3)C1)C2)OS(N)(=O)=O. The molecule has 4 fully saturated rings. The molecule has 0 amide bonds. The zero-order valence-electron chi connectivity index (χ0n) is 10.5. The van der Waals surface area contributed by atoms with E-state index in [-0.39, 0.29) is 0 Å². The van der Waals surface area contributed by atoms with Crippen molar-refractivity contribution in [2.24, 2.45) is 22.9 Å². The van der Waals surface area contributed by atoms with Crippen LogP contribution in [0.3, 0.4) is 0 Å². The molecule has 7 nitrogen and oxygen atoms in total. The molecular formula is C10H19N3O4S2. The standard InChI is InChI=1S/C10H19N3O4S2/c11-18(14,17-19(12,15)16)13-10-4-7-1-8(5-10)3-9(2-7)6-10/h7-9H,1-6H2,(H2,11,13,14)(H2,12,15,16). The Morgan fingerprint density at radius 3 is 1.84 bits per heavy atom. The number of hydrogen-bond acceptors (Lipinski definition) is 5. The molecule has 4 aliphatic carbocycles. The van der Waals surface area contributed by atoms with Crippen LogP contribution >= 0.6 is 0 Å². The largest absolute Gasteiger partial charge is 0.347 e. The maximum atomic E-state index is 12.0. The minimum absolute atomic E-state index is 0.404. The Labute approximate surface area is 113 Å². The Balaban J connectivity index is 1.80. The first-order valence-corrected chi connectivity index (χ1v) is 9.42. The summed E-state index contributed by atoms with van der Waals surface area (Å²) < 4.78 is 48.1. The summed E-state index contributed by atoms with van der Waals surface area (Å²) in [7, 11) is -8.26. The smallest absolute Gasteiger partial charge is 0.216 e. The average molecular weight is 309 g/mol. The molecule has 0 spiro atoms. The first-order valence-electron chi connectivity index (χ1n) is 6.46. The van der Waals surface area contributed by atoms with E-state index in [0.29, 0.717) is 17.8 Å². The lowest BCUT2D eigenvalue weighted by Gasteiger charge is -2.56. The Hall–Kier alpha value is -0.220. The third kappa shape index (κ3) is 2.94. The summed E-state index contributed by atoms with van der Waals surface area (Å²) in [4.78, 5) is 0. The monoisotopic (exact) mass is 309 g/mol. The number of nitrogens with one attached hydrogen (secondary N) is 2. The van der Waals surface area contributed by atoms with Gasteiger partial charge in [-0.2, -0.15) is 8.42 Å². The van der Waals surface area contributed by atoms with Crippen molar-refractivity contribution in [3.05, 3.63) is 0 Å². The molecule has 0 aromatic heterocycles. The highest BCUT2D eigenvalue weighted by Gasteiger charge is 2.52. The first kappa shape index (κ1) is 13.7. The number of nitrogens with two attached hydrogens (primary N) is 1. The van der Waals surface area contributed by atoms with Crippen molar-refractivity contribution in [3.63, 3.8) is 0 Å². The van der Waals surface area contributed by atoms with Gasteiger partial charge in [0.15, 0.2) is 0 Å². The van der Waals surface area contributed by atoms with E-state index in [2.05, 4.69) is 8.35 Å². The summed E-state index contributed by atoms with van der Waals surface area (Å²) in [5.41, 5.74) is -0.404. The topological polar surface area (TPSA) is 122 Å². The van der Waals surface area contributed by atoms with Crippen LogP contribution in [0.4, 0.5) is 0 Å². The van der Waals surface area contributed by atoms with Gasteiger partial charge in [0, 0.05) is 5.54 Å². The molecule has 9 heteroatoms. The van der Waals surface area contributed by atoms with Crippen LogP contribution in [0.5, 0.6) is 0 Å². The highest BCUT2D eigenvalue weighted by atomic mass is 32.3. The van der Waals surface area contributed by atoms with Crippen LogP contribution < -0.4 is 9.86 Å². The fourth-order valence-corrected chi connectivity index (χ4v) is 6.70. The molecule has 19 heavy (non-hydrogen) atoms. The first-order chi connectivity index (χ1) is 8.65. The summed E-state index contributed by atoms with van der Waals surface area (Å²) in [5, 5.41) is 4.70. The third-order valence-corrected chi connectivity index (χ3v) is 6.81. The van der Waals surface area contributed by atoms with E-state index >= 15 is 0 Å². The van der Waals surface area contributed by atoms with Gasteiger partial charge in [-0.1, -0.05) is 0 Å². The van der Waals surface area contributed by atoms with Crippen molar-refractivity contribution >= 4 is 20.5 Å². The molecule has 0 aromatic carbocycles. The van der Waals surface area contributed by atoms with E-state index in [9.17, 15) is 12.6 Å². The van der Waals surface area contributed by atoms with Crippen molar-refractivity contribution in [2.75, 3.05) is 0 Å². The summed E-state index contributed by atoms with van der Waals surface area (Å²) >= 11 is 0. The molecule has 0 heterocycles. The van der Waals surface area contributed by atoms with E-state index in [1.54, 1.807) is 0 Å². The van der Waals surface area contributed by atoms with Crippen LogP contribution in [0.15, 0.2) is 0 Å². The van der Waals surface area contributed by atoms with E-state index in [0.717, 1.165) is 19.3 Å². The summed E-state index contributed by atoms with van der Waals surface area (Å²) in [6.45, 7) is 0. The molecule has 1 atom stereocenters. The van der Waals surface area contributed by atoms with Gasteiger partial charge in [-0.15, -0.1) is 3.63 Å². The van der Waals surface area contributed by atoms with Crippen molar-refractivity contribution in [2.45, 2.75) is 44.1 Å². The quantitative estimate of drug-likeness (QED) is 0.705. The van der Waals surface area contributed by atoms with Crippen molar-refractivity contribution in [1.82, 2.24) is 4.72 Å². The molecular weight excluding hydrogens is 290 g/mol. The second kappa shape index (κ2) is 4.14. The van der Waals surface area contributed by atoms with Crippen molar-refractivity contribution in [1.29, 1.82) is 4.78 Å². The van der Waals surface area contributed by atoms with E-state index < -0.39 is 26.0 Å². The van der Waals surface area contributed by atoms with Gasteiger partial charge in [-0.25, -0.2) is 18.8 Å². The van der Waals surface area contributed by atoms with Gasteiger partial charge < -0.3 is 0 Å². The summed E-state index contributed by atoms with van der Waals surface area (Å²) in [5.74, 6) is 1.80. The van der Waals surface area contributed by atoms with Gasteiger partial charge in [-0.3, -0.25) is 0 Å². The predicted octanol–water partition coefficient (Wildman–Crippen LogP) is 0.642. The fraction of sp³-hybridized carbons (Fsp3) is 1.00. The van der Waals surface area contributed by atoms with Crippen LogP contribution in [-0.2, 0) is 24.1 Å². The van der Waals surface area contributed by atoms with Gasteiger partial charge in [-0.05, 0) is 56.3 Å². The Kier molecular flexibility index (Phi) is 2.99. The maximum absolute atomic E-state index is 12.0. The molecule has 110 valence electrons. The Morgan fingerprint density at radius 1 is 1.05 bits per heavy atom. The molecule has 0 aromatic rings. The molecule has 1 unspecified atom stereocenters. The lowest BCUT2D eigenvalue weighted by atomic mass is 9.53. The number of rotatable bonds is 4. The van der Waals surface area contributed by atoms with Crippen LogP contribution in [0, 0.1) is 22.5 Å². The normalized spacial score (nSPS) is 44.2. The third-order valence-electron chi connectivity index (χ3n) is 4.58. The zero-order valence-corrected chi connectivity index (χ0v) is 12.1. The van der Waals surface area contributed by atoms with Crippen LogP contribution in [0.25, 0.3) is 0 Å². The fourth-order valence-electron chi connectivity index (χ4n) is 4.67. The molecule has 4 saturated carbocycles. The zero-order chi connectivity index (χ0) is 13.9. The number of hydrogen-bond donors (Lipinski definition) is 3. The average Bonchev–Trinajstić information content (AvgIpc) is 2.06. The summed E-state index contributed by atoms with van der Waals surface area (Å²) in [6, 6.07) is 0. The highest BCUT2D eigenvalue weighted by molar-refractivity contribution is 7.98. The minimum atomic E-state index is -4.39. The molecule has 4 N–H and O–H groups in total. The maximum Gasteiger partial charge on any atom is 0.347 e. The second-order valence-electron chi connectivity index (χ2n) is 6.36. The molecule has 0 aliphatic heterocycles. The van der Waals surface area contributed by atoms with Crippen LogP contribution in [0.2, 0.25) is 0 Å². The molecule has 0 radical (unpaired) electrons. The molecule has 4 aliphatic rings. The minimum Gasteiger partial charge on any atom is -0.216 e. The van der Waals surface area contributed by atoms with Crippen molar-refractivity contribution < 1.29 is 16.3 Å². The van der Waals surface area contributed by atoms with Crippen LogP contribution in [0.1, 0.15) is 38.5 Å². The highest BCUT2D eigenvalue weighted by Crippen LogP contribution is 2.55. The van der Waals surface area contributed by atoms with Gasteiger partial charge >= 0.3 is 10.3 Å². The molecule has 0 saturated heterocycles. The Bertz CT molecular complexity index is 549. The van der Waals surface area contributed by atoms with Gasteiger partial charge in [0.1, 0.15) is 0 Å². The lowest BCUT2D eigenvalue weighted by molar-refractivity contribution is -0.00844. The second-order valence-corrected chi connectivity index (χ2v) is 9.11. The predicted molar refractivity (Wildman–Crippen MR) is 69.1 cm³/mol. The van der Waals surface area contributed by atoms with E-state index in [4.69, 9.17) is 9.92 Å². The molecule has 4 rings (SSSR count). The van der Waals surface area contributed by atoms with Crippen molar-refractivity contribution in [3.8, 4) is 0 Å². The van der Waals surface area contributed by atoms with E-state index in [1.165, 1.54) is 19.3 Å². The van der Waals surface area contributed by atoms with Crippen LogP contribution in [-0.4, -0.2) is 18.2 Å². The van der Waals surface area contributed by atoms with E-state index in [1.807, 2.05) is 0 Å². The Morgan fingerprint density at radius 2 is 1.47 bits per heavy atom. The van der Waals surface area contributed by atoms with Gasteiger partial charge in [0.05, 0.1) is 0 Å². The summed E-state index contributed by atoms with van der Waals surface area (Å²) in [6.07, 6.45) is 6.16. The van der Waals surface area contributed by atoms with Gasteiger partial charge in [0.25, 0.3) is 0 Å².